The van der Waals surface area contributed by atoms with Crippen LogP contribution in [0.2, 0.25) is 10.0 Å². The van der Waals surface area contributed by atoms with Crippen LogP contribution in [0.15, 0.2) is 52.9 Å². The molecule has 0 saturated heterocycles. The van der Waals surface area contributed by atoms with Gasteiger partial charge in [-0.3, -0.25) is 4.79 Å². The number of hydrogen-bond acceptors (Lipinski definition) is 2. The Morgan fingerprint density at radius 2 is 1.71 bits per heavy atom. The van der Waals surface area contributed by atoms with Crippen molar-refractivity contribution in [1.82, 2.24) is 0 Å². The third-order valence-electron chi connectivity index (χ3n) is 3.80. The highest BCUT2D eigenvalue weighted by Gasteiger charge is 2.13. The summed E-state index contributed by atoms with van der Waals surface area (Å²) in [7, 11) is 0. The lowest BCUT2D eigenvalue weighted by Crippen LogP contribution is -2.10. The van der Waals surface area contributed by atoms with Crippen LogP contribution in [0.25, 0.3) is 11.3 Å². The van der Waals surface area contributed by atoms with Gasteiger partial charge in [0.25, 0.3) is 5.91 Å². The van der Waals surface area contributed by atoms with E-state index in [1.54, 1.807) is 30.3 Å². The zero-order chi connectivity index (χ0) is 17.3. The minimum Gasteiger partial charge on any atom is -0.451 e. The number of anilines is 1. The van der Waals surface area contributed by atoms with Gasteiger partial charge in [0.15, 0.2) is 5.76 Å². The lowest BCUT2D eigenvalue weighted by molar-refractivity contribution is 0.0997. The fraction of sp³-hybridized carbons (Fsp3) is 0.105. The third kappa shape index (κ3) is 3.48. The summed E-state index contributed by atoms with van der Waals surface area (Å²) in [6.45, 7) is 4.03. The zero-order valence-corrected chi connectivity index (χ0v) is 14.7. The molecule has 0 fully saturated rings. The molecule has 0 aliphatic heterocycles. The van der Waals surface area contributed by atoms with Crippen LogP contribution in [0.3, 0.4) is 0 Å². The van der Waals surface area contributed by atoms with E-state index >= 15 is 0 Å². The normalized spacial score (nSPS) is 10.7. The molecule has 0 spiro atoms. The highest BCUT2D eigenvalue weighted by molar-refractivity contribution is 6.42. The molecule has 0 radical (unpaired) electrons. The van der Waals surface area contributed by atoms with Crippen molar-refractivity contribution in [1.29, 1.82) is 0 Å². The molecule has 1 N–H and O–H groups in total. The van der Waals surface area contributed by atoms with E-state index in [-0.39, 0.29) is 11.7 Å². The predicted molar refractivity (Wildman–Crippen MR) is 98.0 cm³/mol. The molecule has 0 aliphatic carbocycles. The zero-order valence-electron chi connectivity index (χ0n) is 13.2. The summed E-state index contributed by atoms with van der Waals surface area (Å²) in [5.41, 5.74) is 3.78. The van der Waals surface area contributed by atoms with Crippen LogP contribution < -0.4 is 5.32 Å². The Kier molecular flexibility index (Phi) is 4.65. The maximum absolute atomic E-state index is 12.3. The fourth-order valence-electron chi connectivity index (χ4n) is 2.28. The van der Waals surface area contributed by atoms with Gasteiger partial charge in [0.2, 0.25) is 0 Å². The summed E-state index contributed by atoms with van der Waals surface area (Å²) in [6, 6.07) is 14.3. The summed E-state index contributed by atoms with van der Waals surface area (Å²) in [4.78, 5) is 12.3. The van der Waals surface area contributed by atoms with Crippen molar-refractivity contribution < 1.29 is 9.21 Å². The largest absolute Gasteiger partial charge is 0.451 e. The molecule has 1 amide bonds. The molecular weight excluding hydrogens is 345 g/mol. The number of carbonyl (C=O) groups excluding carboxylic acids is 1. The number of aryl methyl sites for hydroxylation is 2. The van der Waals surface area contributed by atoms with Crippen molar-refractivity contribution in [3.05, 3.63) is 75.5 Å². The Balaban J connectivity index is 1.80. The van der Waals surface area contributed by atoms with Gasteiger partial charge in [-0.2, -0.15) is 0 Å². The van der Waals surface area contributed by atoms with Gasteiger partial charge in [-0.25, -0.2) is 0 Å². The van der Waals surface area contributed by atoms with Crippen LogP contribution in [0, 0.1) is 13.8 Å². The molecule has 5 heteroatoms. The first kappa shape index (κ1) is 16.6. The molecule has 122 valence electrons. The van der Waals surface area contributed by atoms with Gasteiger partial charge in [0.05, 0.1) is 10.0 Å². The van der Waals surface area contributed by atoms with Crippen LogP contribution in [0.5, 0.6) is 0 Å². The predicted octanol–water partition coefficient (Wildman–Crippen LogP) is 6.12. The standard InChI is InChI=1S/C19H15Cl2NO2/c1-11-3-5-14(9-12(11)2)22-19(23)18-8-7-17(24-18)13-4-6-15(20)16(21)10-13/h3-10H,1-2H3,(H,22,23). The molecular formula is C19H15Cl2NO2. The van der Waals surface area contributed by atoms with Crippen molar-refractivity contribution >= 4 is 34.8 Å². The van der Waals surface area contributed by atoms with Crippen molar-refractivity contribution in [3.8, 4) is 11.3 Å². The number of furan rings is 1. The molecule has 0 saturated carbocycles. The molecule has 3 rings (SSSR count). The van der Waals surface area contributed by atoms with E-state index in [0.717, 1.165) is 16.8 Å². The van der Waals surface area contributed by atoms with E-state index in [1.165, 1.54) is 5.56 Å². The van der Waals surface area contributed by atoms with Crippen LogP contribution in [0.4, 0.5) is 5.69 Å². The summed E-state index contributed by atoms with van der Waals surface area (Å²) in [5.74, 6) is 0.484. The molecule has 24 heavy (non-hydrogen) atoms. The van der Waals surface area contributed by atoms with E-state index < -0.39 is 0 Å². The topological polar surface area (TPSA) is 42.2 Å². The molecule has 2 aromatic carbocycles. The average molecular weight is 360 g/mol. The van der Waals surface area contributed by atoms with E-state index in [4.69, 9.17) is 27.6 Å². The van der Waals surface area contributed by atoms with Crippen LogP contribution in [0.1, 0.15) is 21.7 Å². The van der Waals surface area contributed by atoms with Crippen LogP contribution in [-0.2, 0) is 0 Å². The number of rotatable bonds is 3. The fourth-order valence-corrected chi connectivity index (χ4v) is 2.57. The van der Waals surface area contributed by atoms with Gasteiger partial charge < -0.3 is 9.73 Å². The maximum atomic E-state index is 12.3. The second kappa shape index (κ2) is 6.71. The number of benzene rings is 2. The molecule has 0 unspecified atom stereocenters. The van der Waals surface area contributed by atoms with Crippen molar-refractivity contribution in [2.75, 3.05) is 5.32 Å². The van der Waals surface area contributed by atoms with E-state index in [0.29, 0.717) is 15.8 Å². The highest BCUT2D eigenvalue weighted by Crippen LogP contribution is 2.29. The Hall–Kier alpha value is -2.23. The Bertz CT molecular complexity index is 915. The summed E-state index contributed by atoms with van der Waals surface area (Å²) < 4.78 is 5.64. The number of halogens is 2. The monoisotopic (exact) mass is 359 g/mol. The number of hydrogen-bond donors (Lipinski definition) is 1. The van der Waals surface area contributed by atoms with Crippen LogP contribution in [-0.4, -0.2) is 5.91 Å². The maximum Gasteiger partial charge on any atom is 0.291 e. The first-order valence-electron chi connectivity index (χ1n) is 7.38. The van der Waals surface area contributed by atoms with Crippen molar-refractivity contribution in [2.24, 2.45) is 0 Å². The second-order valence-electron chi connectivity index (χ2n) is 5.55. The molecule has 0 aliphatic rings. The quantitative estimate of drug-likeness (QED) is 0.611. The Morgan fingerprint density at radius 1 is 0.917 bits per heavy atom. The van der Waals surface area contributed by atoms with E-state index in [1.807, 2.05) is 32.0 Å². The third-order valence-corrected chi connectivity index (χ3v) is 4.54. The molecule has 0 bridgehead atoms. The molecule has 1 aromatic heterocycles. The average Bonchev–Trinajstić information content (AvgIpc) is 3.04. The highest BCUT2D eigenvalue weighted by atomic mass is 35.5. The smallest absolute Gasteiger partial charge is 0.291 e. The van der Waals surface area contributed by atoms with Gasteiger partial charge in [-0.15, -0.1) is 0 Å². The van der Waals surface area contributed by atoms with Crippen molar-refractivity contribution in [3.63, 3.8) is 0 Å². The summed E-state index contributed by atoms with van der Waals surface area (Å²) in [5, 5.41) is 3.74. The van der Waals surface area contributed by atoms with E-state index in [9.17, 15) is 4.79 Å². The lowest BCUT2D eigenvalue weighted by atomic mass is 10.1. The van der Waals surface area contributed by atoms with E-state index in [2.05, 4.69) is 5.32 Å². The molecule has 3 aromatic rings. The lowest BCUT2D eigenvalue weighted by Gasteiger charge is -2.06. The Labute approximate surface area is 150 Å². The van der Waals surface area contributed by atoms with Gasteiger partial charge in [-0.1, -0.05) is 29.3 Å². The number of amides is 1. The number of nitrogens with one attached hydrogen (secondary N) is 1. The van der Waals surface area contributed by atoms with Crippen LogP contribution >= 0.6 is 23.2 Å². The summed E-state index contributed by atoms with van der Waals surface area (Å²) in [6.07, 6.45) is 0. The molecule has 1 heterocycles. The Morgan fingerprint density at radius 3 is 2.42 bits per heavy atom. The number of carbonyl (C=O) groups is 1. The van der Waals surface area contributed by atoms with Gasteiger partial charge in [-0.05, 0) is 67.4 Å². The second-order valence-corrected chi connectivity index (χ2v) is 6.36. The first-order valence-corrected chi connectivity index (χ1v) is 8.13. The summed E-state index contributed by atoms with van der Waals surface area (Å²) >= 11 is 11.9. The van der Waals surface area contributed by atoms with Crippen molar-refractivity contribution in [2.45, 2.75) is 13.8 Å². The SMILES string of the molecule is Cc1ccc(NC(=O)c2ccc(-c3ccc(Cl)c(Cl)c3)o2)cc1C. The minimum atomic E-state index is -0.301. The minimum absolute atomic E-state index is 0.231. The van der Waals surface area contributed by atoms with Gasteiger partial charge >= 0.3 is 0 Å². The first-order chi connectivity index (χ1) is 11.4. The van der Waals surface area contributed by atoms with Gasteiger partial charge in [0, 0.05) is 11.3 Å². The molecule has 0 atom stereocenters. The molecule has 3 nitrogen and oxygen atoms in total. The van der Waals surface area contributed by atoms with Gasteiger partial charge in [0.1, 0.15) is 5.76 Å².